The van der Waals surface area contributed by atoms with Gasteiger partial charge >= 0.3 is 0 Å². The molecule has 21 heavy (non-hydrogen) atoms. The summed E-state index contributed by atoms with van der Waals surface area (Å²) in [6.45, 7) is 8.94. The van der Waals surface area contributed by atoms with Crippen LogP contribution in [0.25, 0.3) is 0 Å². The number of anilines is 1. The van der Waals surface area contributed by atoms with Gasteiger partial charge in [-0.1, -0.05) is 26.8 Å². The average molecular weight is 293 g/mol. The molecule has 1 rings (SSSR count). The minimum Gasteiger partial charge on any atom is -0.330 e. The molecule has 4 N–H and O–H groups in total. The Morgan fingerprint density at radius 2 is 2.19 bits per heavy atom. The highest BCUT2D eigenvalue weighted by molar-refractivity contribution is 5.79. The third-order valence-corrected chi connectivity index (χ3v) is 3.11. The number of hydrazine groups is 1. The van der Waals surface area contributed by atoms with Crippen molar-refractivity contribution in [3.8, 4) is 0 Å². The maximum Gasteiger partial charge on any atom is 0.252 e. The molecule has 0 radical (unpaired) electrons. The molecule has 0 spiro atoms. The van der Waals surface area contributed by atoms with Gasteiger partial charge in [0.25, 0.3) is 5.91 Å². The maximum atomic E-state index is 12.0. The summed E-state index contributed by atoms with van der Waals surface area (Å²) in [7, 11) is 0. The first-order chi connectivity index (χ1) is 9.96. The summed E-state index contributed by atoms with van der Waals surface area (Å²) in [5, 5.41) is 0. The summed E-state index contributed by atoms with van der Waals surface area (Å²) in [5.74, 6) is 0.539. The number of hydrogen-bond acceptors (Lipinski definition) is 5. The fourth-order valence-corrected chi connectivity index (χ4v) is 2.01. The first-order valence-corrected chi connectivity index (χ1v) is 7.35. The molecule has 118 valence electrons. The van der Waals surface area contributed by atoms with E-state index < -0.39 is 0 Å². The number of rotatable bonds is 9. The predicted octanol–water partition coefficient (Wildman–Crippen LogP) is 1.22. The Labute approximate surface area is 127 Å². The van der Waals surface area contributed by atoms with E-state index in [9.17, 15) is 4.79 Å². The van der Waals surface area contributed by atoms with Crippen LogP contribution in [0.2, 0.25) is 0 Å². The van der Waals surface area contributed by atoms with Gasteiger partial charge in [0.1, 0.15) is 5.82 Å². The van der Waals surface area contributed by atoms with Crippen molar-refractivity contribution in [3.63, 3.8) is 0 Å². The molecule has 0 aliphatic carbocycles. The third kappa shape index (κ3) is 7.06. The number of aromatic nitrogens is 1. The molecule has 1 amide bonds. The first-order valence-electron chi connectivity index (χ1n) is 7.35. The van der Waals surface area contributed by atoms with Crippen LogP contribution >= 0.6 is 0 Å². The second-order valence-electron chi connectivity index (χ2n) is 5.97. The van der Waals surface area contributed by atoms with Crippen LogP contribution in [-0.2, 0) is 4.79 Å². The minimum atomic E-state index is -0.0816. The van der Waals surface area contributed by atoms with Crippen molar-refractivity contribution in [3.05, 3.63) is 24.4 Å². The molecule has 0 bridgehead atoms. The second-order valence-corrected chi connectivity index (χ2v) is 5.97. The molecule has 0 saturated carbocycles. The number of nitrogens with one attached hydrogen (secondary N) is 2. The Morgan fingerprint density at radius 1 is 1.43 bits per heavy atom. The molecule has 1 aromatic heterocycles. The largest absolute Gasteiger partial charge is 0.330 e. The van der Waals surface area contributed by atoms with E-state index in [0.29, 0.717) is 18.9 Å². The third-order valence-electron chi connectivity index (χ3n) is 3.11. The SMILES string of the molecule is CCCN(CC(=O)NNc1ccccn1)CC(C)(C)CN. The van der Waals surface area contributed by atoms with Crippen molar-refractivity contribution in [2.45, 2.75) is 27.2 Å². The first kappa shape index (κ1) is 17.4. The lowest BCUT2D eigenvalue weighted by molar-refractivity contribution is -0.122. The Kier molecular flexibility index (Phi) is 7.11. The number of carbonyl (C=O) groups excluding carboxylic acids is 1. The van der Waals surface area contributed by atoms with Crippen molar-refractivity contribution >= 4 is 11.7 Å². The van der Waals surface area contributed by atoms with E-state index in [2.05, 4.69) is 41.5 Å². The maximum absolute atomic E-state index is 12.0. The van der Waals surface area contributed by atoms with Crippen LogP contribution in [0.1, 0.15) is 27.2 Å². The van der Waals surface area contributed by atoms with Gasteiger partial charge in [0.2, 0.25) is 0 Å². The highest BCUT2D eigenvalue weighted by atomic mass is 16.2. The minimum absolute atomic E-state index is 0.00383. The van der Waals surface area contributed by atoms with Crippen LogP contribution in [0.3, 0.4) is 0 Å². The van der Waals surface area contributed by atoms with Crippen LogP contribution in [0.15, 0.2) is 24.4 Å². The summed E-state index contributed by atoms with van der Waals surface area (Å²) in [6, 6.07) is 5.47. The molecular formula is C15H27N5O. The average Bonchev–Trinajstić information content (AvgIpc) is 2.46. The summed E-state index contributed by atoms with van der Waals surface area (Å²) in [4.78, 5) is 18.2. The van der Waals surface area contributed by atoms with E-state index in [0.717, 1.165) is 19.5 Å². The predicted molar refractivity (Wildman–Crippen MR) is 85.6 cm³/mol. The van der Waals surface area contributed by atoms with Crippen LogP contribution in [0.5, 0.6) is 0 Å². The molecule has 0 saturated heterocycles. The number of amides is 1. The van der Waals surface area contributed by atoms with Crippen molar-refractivity contribution in [1.82, 2.24) is 15.3 Å². The normalized spacial score (nSPS) is 11.5. The number of carbonyl (C=O) groups is 1. The summed E-state index contributed by atoms with van der Waals surface area (Å²) >= 11 is 0. The fourth-order valence-electron chi connectivity index (χ4n) is 2.01. The van der Waals surface area contributed by atoms with Crippen molar-refractivity contribution in [2.75, 3.05) is 31.6 Å². The molecule has 0 unspecified atom stereocenters. The zero-order chi connectivity index (χ0) is 15.7. The van der Waals surface area contributed by atoms with E-state index in [1.54, 1.807) is 12.3 Å². The molecule has 0 aliphatic rings. The highest BCUT2D eigenvalue weighted by Crippen LogP contribution is 2.14. The zero-order valence-corrected chi connectivity index (χ0v) is 13.2. The van der Waals surface area contributed by atoms with Crippen LogP contribution < -0.4 is 16.6 Å². The summed E-state index contributed by atoms with van der Waals surface area (Å²) < 4.78 is 0. The molecular weight excluding hydrogens is 266 g/mol. The molecule has 0 fully saturated rings. The van der Waals surface area contributed by atoms with Crippen LogP contribution in [0.4, 0.5) is 5.82 Å². The number of nitrogens with zero attached hydrogens (tertiary/aromatic N) is 2. The van der Waals surface area contributed by atoms with Crippen molar-refractivity contribution in [2.24, 2.45) is 11.1 Å². The van der Waals surface area contributed by atoms with Crippen LogP contribution in [0, 0.1) is 5.41 Å². The highest BCUT2D eigenvalue weighted by Gasteiger charge is 2.21. The van der Waals surface area contributed by atoms with E-state index in [1.165, 1.54) is 0 Å². The van der Waals surface area contributed by atoms with Gasteiger partial charge in [-0.25, -0.2) is 4.98 Å². The lowest BCUT2D eigenvalue weighted by Gasteiger charge is -2.31. The topological polar surface area (TPSA) is 83.3 Å². The van der Waals surface area contributed by atoms with Gasteiger partial charge in [0.15, 0.2) is 0 Å². The molecule has 0 aromatic carbocycles. The number of nitrogens with two attached hydrogens (primary N) is 1. The van der Waals surface area contributed by atoms with Gasteiger partial charge in [0.05, 0.1) is 6.54 Å². The van der Waals surface area contributed by atoms with Gasteiger partial charge in [-0.15, -0.1) is 0 Å². The Bertz CT molecular complexity index is 421. The zero-order valence-electron chi connectivity index (χ0n) is 13.2. The summed E-state index contributed by atoms with van der Waals surface area (Å²) in [6.07, 6.45) is 2.67. The fraction of sp³-hybridized carbons (Fsp3) is 0.600. The van der Waals surface area contributed by atoms with E-state index >= 15 is 0 Å². The van der Waals surface area contributed by atoms with Gasteiger partial charge in [-0.2, -0.15) is 0 Å². The monoisotopic (exact) mass is 293 g/mol. The smallest absolute Gasteiger partial charge is 0.252 e. The van der Waals surface area contributed by atoms with Crippen LogP contribution in [-0.4, -0.2) is 42.0 Å². The van der Waals surface area contributed by atoms with E-state index in [1.807, 2.05) is 12.1 Å². The van der Waals surface area contributed by atoms with E-state index in [4.69, 9.17) is 5.73 Å². The Morgan fingerprint density at radius 3 is 2.76 bits per heavy atom. The van der Waals surface area contributed by atoms with Crippen molar-refractivity contribution in [1.29, 1.82) is 0 Å². The lowest BCUT2D eigenvalue weighted by atomic mass is 9.93. The lowest BCUT2D eigenvalue weighted by Crippen LogP contribution is -2.45. The van der Waals surface area contributed by atoms with E-state index in [-0.39, 0.29) is 11.3 Å². The van der Waals surface area contributed by atoms with Gasteiger partial charge < -0.3 is 5.73 Å². The molecule has 1 heterocycles. The standard InChI is InChI=1S/C15H27N5O/c1-4-9-20(12-15(2,3)11-16)10-14(21)19-18-13-7-5-6-8-17-13/h5-8H,4,9-12,16H2,1-3H3,(H,17,18)(H,19,21). The number of hydrogen-bond donors (Lipinski definition) is 3. The van der Waals surface area contributed by atoms with Gasteiger partial charge in [0, 0.05) is 12.7 Å². The second kappa shape index (κ2) is 8.59. The van der Waals surface area contributed by atoms with Gasteiger partial charge in [-0.05, 0) is 37.1 Å². The van der Waals surface area contributed by atoms with Gasteiger partial charge in [-0.3, -0.25) is 20.5 Å². The molecule has 0 aliphatic heterocycles. The molecule has 0 atom stereocenters. The molecule has 6 nitrogen and oxygen atoms in total. The summed E-state index contributed by atoms with van der Waals surface area (Å²) in [5.41, 5.74) is 11.2. The Hall–Kier alpha value is -1.66. The molecule has 1 aromatic rings. The van der Waals surface area contributed by atoms with Crippen molar-refractivity contribution < 1.29 is 4.79 Å². The quantitative estimate of drug-likeness (QED) is 0.596. The Balaban J connectivity index is 2.45. The molecule has 6 heteroatoms. The number of pyridine rings is 1.